The Hall–Kier alpha value is -1.98. The molecule has 3 atom stereocenters. The second-order valence-electron chi connectivity index (χ2n) is 9.12. The van der Waals surface area contributed by atoms with E-state index in [2.05, 4.69) is 38.2 Å². The molecule has 0 radical (unpaired) electrons. The summed E-state index contributed by atoms with van der Waals surface area (Å²) in [6.45, 7) is 9.00. The Morgan fingerprint density at radius 2 is 1.83 bits per heavy atom. The molecule has 1 heterocycles. The van der Waals surface area contributed by atoms with E-state index in [0.717, 1.165) is 30.2 Å². The fourth-order valence-electron chi connectivity index (χ4n) is 3.98. The summed E-state index contributed by atoms with van der Waals surface area (Å²) in [7, 11) is 0. The molecule has 2 N–H and O–H groups in total. The van der Waals surface area contributed by atoms with Crippen LogP contribution in [0.4, 0.5) is 8.78 Å². The van der Waals surface area contributed by atoms with Crippen LogP contribution >= 0.6 is 0 Å². The molecule has 0 bridgehead atoms. The Labute approximate surface area is 172 Å². The van der Waals surface area contributed by atoms with E-state index in [1.807, 2.05) is 13.0 Å². The Morgan fingerprint density at radius 3 is 2.45 bits per heavy atom. The molecule has 0 saturated carbocycles. The zero-order valence-electron chi connectivity index (χ0n) is 17.6. The summed E-state index contributed by atoms with van der Waals surface area (Å²) in [5, 5.41) is 14.1. The van der Waals surface area contributed by atoms with Crippen molar-refractivity contribution in [2.45, 2.75) is 65.1 Å². The fraction of sp³-hybridized carbons (Fsp3) is 0.500. The van der Waals surface area contributed by atoms with Crippen molar-refractivity contribution in [3.8, 4) is 5.75 Å². The molecular formula is C24H31F2NO2. The van der Waals surface area contributed by atoms with E-state index >= 15 is 0 Å². The monoisotopic (exact) mass is 403 g/mol. The molecule has 2 aromatic carbocycles. The smallest absolute Gasteiger partial charge is 0.126 e. The van der Waals surface area contributed by atoms with Crippen LogP contribution in [-0.2, 0) is 6.42 Å². The second-order valence-corrected chi connectivity index (χ2v) is 9.12. The van der Waals surface area contributed by atoms with Crippen molar-refractivity contribution in [3.63, 3.8) is 0 Å². The van der Waals surface area contributed by atoms with Crippen LogP contribution in [0, 0.1) is 17.0 Å². The van der Waals surface area contributed by atoms with Gasteiger partial charge in [0.1, 0.15) is 17.4 Å². The first-order valence-corrected chi connectivity index (χ1v) is 10.3. The summed E-state index contributed by atoms with van der Waals surface area (Å²) >= 11 is 0. The zero-order chi connectivity index (χ0) is 21.2. The number of aliphatic hydroxyl groups is 1. The summed E-state index contributed by atoms with van der Waals surface area (Å²) in [5.74, 6) is -0.466. The van der Waals surface area contributed by atoms with Crippen LogP contribution in [0.1, 0.15) is 69.3 Å². The highest BCUT2D eigenvalue weighted by Crippen LogP contribution is 2.36. The van der Waals surface area contributed by atoms with Crippen molar-refractivity contribution in [2.24, 2.45) is 5.41 Å². The minimum Gasteiger partial charge on any atom is -0.493 e. The fourth-order valence-corrected chi connectivity index (χ4v) is 3.98. The van der Waals surface area contributed by atoms with E-state index in [0.29, 0.717) is 18.6 Å². The van der Waals surface area contributed by atoms with Gasteiger partial charge in [-0.2, -0.15) is 0 Å². The minimum atomic E-state index is -0.764. The van der Waals surface area contributed by atoms with Crippen molar-refractivity contribution in [1.29, 1.82) is 0 Å². The molecule has 29 heavy (non-hydrogen) atoms. The number of ether oxygens (including phenoxy) is 1. The minimum absolute atomic E-state index is 0.0730. The van der Waals surface area contributed by atoms with Crippen LogP contribution in [0.15, 0.2) is 36.4 Å². The average molecular weight is 404 g/mol. The number of hydrogen-bond acceptors (Lipinski definition) is 3. The highest BCUT2D eigenvalue weighted by atomic mass is 19.1. The Kier molecular flexibility index (Phi) is 6.59. The maximum Gasteiger partial charge on any atom is 0.126 e. The number of rotatable bonds is 6. The van der Waals surface area contributed by atoms with Crippen molar-refractivity contribution >= 4 is 0 Å². The van der Waals surface area contributed by atoms with Gasteiger partial charge in [0.05, 0.1) is 18.8 Å². The number of halogens is 2. The molecule has 0 amide bonds. The van der Waals surface area contributed by atoms with E-state index < -0.39 is 23.8 Å². The van der Waals surface area contributed by atoms with Crippen LogP contribution in [0.3, 0.4) is 0 Å². The van der Waals surface area contributed by atoms with Gasteiger partial charge in [0.15, 0.2) is 0 Å². The van der Waals surface area contributed by atoms with E-state index in [1.165, 1.54) is 17.7 Å². The summed E-state index contributed by atoms with van der Waals surface area (Å²) in [6, 6.07) is 9.01. The molecule has 0 aliphatic carbocycles. The molecule has 5 heteroatoms. The Balaban J connectivity index is 1.92. The number of nitrogens with one attached hydrogen (secondary N) is 1. The molecule has 158 valence electrons. The number of benzene rings is 2. The molecule has 3 nitrogen and oxygen atoms in total. The summed E-state index contributed by atoms with van der Waals surface area (Å²) in [5.41, 5.74) is 2.82. The predicted octanol–water partition coefficient (Wildman–Crippen LogP) is 5.48. The van der Waals surface area contributed by atoms with Crippen molar-refractivity contribution in [1.82, 2.24) is 5.32 Å². The molecule has 1 aliphatic rings. The highest BCUT2D eigenvalue weighted by Gasteiger charge is 2.29. The van der Waals surface area contributed by atoms with Crippen LogP contribution in [0.2, 0.25) is 0 Å². The third-order valence-electron chi connectivity index (χ3n) is 5.28. The maximum absolute atomic E-state index is 13.8. The number of aliphatic hydroxyl groups excluding tert-OH is 1. The van der Waals surface area contributed by atoms with E-state index in [9.17, 15) is 13.9 Å². The molecule has 2 aromatic rings. The highest BCUT2D eigenvalue weighted by molar-refractivity contribution is 5.41. The maximum atomic E-state index is 13.8. The number of hydrogen-bond donors (Lipinski definition) is 2. The molecule has 0 saturated heterocycles. The van der Waals surface area contributed by atoms with E-state index in [4.69, 9.17) is 4.74 Å². The van der Waals surface area contributed by atoms with Crippen molar-refractivity contribution in [2.75, 3.05) is 6.61 Å². The van der Waals surface area contributed by atoms with Crippen molar-refractivity contribution < 1.29 is 18.6 Å². The van der Waals surface area contributed by atoms with Crippen LogP contribution in [-0.4, -0.2) is 17.8 Å². The quantitative estimate of drug-likeness (QED) is 0.671. The first kappa shape index (κ1) is 21.7. The number of fused-ring (bicyclic) bond motifs is 1. The third-order valence-corrected chi connectivity index (χ3v) is 5.28. The lowest BCUT2D eigenvalue weighted by molar-refractivity contribution is 0.110. The van der Waals surface area contributed by atoms with Gasteiger partial charge >= 0.3 is 0 Å². The van der Waals surface area contributed by atoms with Gasteiger partial charge in [-0.05, 0) is 47.6 Å². The summed E-state index contributed by atoms with van der Waals surface area (Å²) in [6.07, 6.45) is 1.36. The van der Waals surface area contributed by atoms with Crippen LogP contribution < -0.4 is 10.1 Å². The van der Waals surface area contributed by atoms with Gasteiger partial charge in [0.2, 0.25) is 0 Å². The first-order valence-electron chi connectivity index (χ1n) is 10.3. The van der Waals surface area contributed by atoms with Crippen molar-refractivity contribution in [3.05, 3.63) is 64.7 Å². The standard InChI is InChI=1S/C24H31F2NO2/c1-5-21(28)23(16-11-17(25)13-18(26)12-16)27-20-8-9-29-22-7-6-15(10-19(20)22)14-24(2,3)4/h6-7,10-13,20-21,23,27-28H,5,8-9,14H2,1-4H3/t20-,21?,23?/m0/s1. The van der Waals surface area contributed by atoms with E-state index in [1.54, 1.807) is 0 Å². The Bertz CT molecular complexity index is 827. The molecule has 0 spiro atoms. The first-order chi connectivity index (χ1) is 13.7. The van der Waals surface area contributed by atoms with Gasteiger partial charge < -0.3 is 15.2 Å². The topological polar surface area (TPSA) is 41.5 Å². The van der Waals surface area contributed by atoms with Crippen LogP contribution in [0.5, 0.6) is 5.75 Å². The third kappa shape index (κ3) is 5.55. The SMILES string of the molecule is CCC(O)C(N[C@H]1CCOc2ccc(CC(C)(C)C)cc21)c1cc(F)cc(F)c1. The lowest BCUT2D eigenvalue weighted by Gasteiger charge is -2.33. The average Bonchev–Trinajstić information content (AvgIpc) is 2.63. The predicted molar refractivity (Wildman–Crippen MR) is 111 cm³/mol. The van der Waals surface area contributed by atoms with Gasteiger partial charge in [-0.15, -0.1) is 0 Å². The largest absolute Gasteiger partial charge is 0.493 e. The molecule has 2 unspecified atom stereocenters. The lowest BCUT2D eigenvalue weighted by atomic mass is 9.86. The van der Waals surface area contributed by atoms with Gasteiger partial charge in [0, 0.05) is 24.1 Å². The van der Waals surface area contributed by atoms with E-state index in [-0.39, 0.29) is 11.5 Å². The van der Waals surface area contributed by atoms with Gasteiger partial charge in [-0.1, -0.05) is 39.8 Å². The molecular weight excluding hydrogens is 372 g/mol. The molecule has 0 aromatic heterocycles. The molecule has 1 aliphatic heterocycles. The lowest BCUT2D eigenvalue weighted by Crippen LogP contribution is -2.37. The zero-order valence-corrected chi connectivity index (χ0v) is 17.6. The van der Waals surface area contributed by atoms with Gasteiger partial charge in [-0.25, -0.2) is 8.78 Å². The van der Waals surface area contributed by atoms with Gasteiger partial charge in [0.25, 0.3) is 0 Å². The second kappa shape index (κ2) is 8.80. The molecule has 3 rings (SSSR count). The molecule has 0 fully saturated rings. The van der Waals surface area contributed by atoms with Gasteiger partial charge in [-0.3, -0.25) is 0 Å². The summed E-state index contributed by atoms with van der Waals surface area (Å²) in [4.78, 5) is 0. The van der Waals surface area contributed by atoms with Crippen LogP contribution in [0.25, 0.3) is 0 Å². The summed E-state index contributed by atoms with van der Waals surface area (Å²) < 4.78 is 33.5. The Morgan fingerprint density at radius 1 is 1.14 bits per heavy atom. The normalized spacial score (nSPS) is 18.7.